The van der Waals surface area contributed by atoms with E-state index in [1.807, 2.05) is 18.2 Å². The highest BCUT2D eigenvalue weighted by Crippen LogP contribution is 2.25. The van der Waals surface area contributed by atoms with E-state index in [-0.39, 0.29) is 18.3 Å². The molecule has 0 saturated heterocycles. The van der Waals surface area contributed by atoms with Crippen LogP contribution in [0.3, 0.4) is 0 Å². The molecule has 110 valence electrons. The van der Waals surface area contributed by atoms with Crippen molar-refractivity contribution in [3.8, 4) is 5.75 Å². The molecule has 4 nitrogen and oxygen atoms in total. The van der Waals surface area contributed by atoms with Gasteiger partial charge in [-0.25, -0.2) is 0 Å². The first-order chi connectivity index (χ1) is 9.60. The number of aldehydes is 1. The van der Waals surface area contributed by atoms with Gasteiger partial charge in [0.05, 0.1) is 13.7 Å². The van der Waals surface area contributed by atoms with Crippen LogP contribution in [0.25, 0.3) is 0 Å². The van der Waals surface area contributed by atoms with Crippen molar-refractivity contribution in [2.45, 2.75) is 26.2 Å². The average Bonchev–Trinajstić information content (AvgIpc) is 2.45. The summed E-state index contributed by atoms with van der Waals surface area (Å²) in [4.78, 5) is 22.5. The third kappa shape index (κ3) is 5.33. The van der Waals surface area contributed by atoms with Crippen molar-refractivity contribution in [2.75, 3.05) is 13.7 Å². The monoisotopic (exact) mass is 342 g/mol. The van der Waals surface area contributed by atoms with Crippen LogP contribution >= 0.6 is 15.9 Å². The van der Waals surface area contributed by atoms with Gasteiger partial charge in [0, 0.05) is 16.8 Å². The molecule has 0 radical (unpaired) electrons. The van der Waals surface area contributed by atoms with Crippen LogP contribution in [-0.4, -0.2) is 26.0 Å². The first-order valence-corrected chi connectivity index (χ1v) is 7.33. The highest BCUT2D eigenvalue weighted by molar-refractivity contribution is 9.10. The SMILES string of the molecule is CCOC(=O)CCC(C=O)Cc1cc(OC)ccc1Br. The number of benzene rings is 1. The molecule has 0 aliphatic heterocycles. The quantitative estimate of drug-likeness (QED) is 0.537. The molecular weight excluding hydrogens is 324 g/mol. The van der Waals surface area contributed by atoms with Gasteiger partial charge in [-0.2, -0.15) is 0 Å². The Morgan fingerprint density at radius 2 is 2.20 bits per heavy atom. The molecule has 0 aromatic heterocycles. The standard InChI is InChI=1S/C15H19BrO4/c1-3-20-15(18)7-4-11(10-17)8-12-9-13(19-2)5-6-14(12)16/h5-6,9-11H,3-4,7-8H2,1-2H3. The van der Waals surface area contributed by atoms with Gasteiger partial charge in [0.15, 0.2) is 0 Å². The molecule has 0 N–H and O–H groups in total. The average molecular weight is 343 g/mol. The molecule has 1 rings (SSSR count). The maximum atomic E-state index is 11.3. The summed E-state index contributed by atoms with van der Waals surface area (Å²) in [5.41, 5.74) is 0.991. The van der Waals surface area contributed by atoms with Gasteiger partial charge in [0.2, 0.25) is 0 Å². The van der Waals surface area contributed by atoms with Gasteiger partial charge in [0.25, 0.3) is 0 Å². The van der Waals surface area contributed by atoms with E-state index in [0.29, 0.717) is 19.4 Å². The van der Waals surface area contributed by atoms with Gasteiger partial charge in [0.1, 0.15) is 12.0 Å². The topological polar surface area (TPSA) is 52.6 Å². The number of halogens is 1. The van der Waals surface area contributed by atoms with E-state index in [9.17, 15) is 9.59 Å². The number of hydrogen-bond acceptors (Lipinski definition) is 4. The first kappa shape index (κ1) is 16.7. The lowest BCUT2D eigenvalue weighted by atomic mass is 9.96. The fourth-order valence-corrected chi connectivity index (χ4v) is 2.28. The largest absolute Gasteiger partial charge is 0.497 e. The number of hydrogen-bond donors (Lipinski definition) is 0. The molecule has 1 aromatic carbocycles. The maximum Gasteiger partial charge on any atom is 0.305 e. The highest BCUT2D eigenvalue weighted by Gasteiger charge is 2.14. The zero-order valence-electron chi connectivity index (χ0n) is 11.7. The molecule has 1 unspecified atom stereocenters. The summed E-state index contributed by atoms with van der Waals surface area (Å²) in [6.45, 7) is 2.13. The van der Waals surface area contributed by atoms with Gasteiger partial charge < -0.3 is 14.3 Å². The minimum absolute atomic E-state index is 0.206. The Morgan fingerprint density at radius 1 is 1.45 bits per heavy atom. The van der Waals surface area contributed by atoms with E-state index in [2.05, 4.69) is 15.9 Å². The fraction of sp³-hybridized carbons (Fsp3) is 0.467. The Hall–Kier alpha value is -1.36. The Labute approximate surface area is 127 Å². The van der Waals surface area contributed by atoms with Crippen LogP contribution in [0.1, 0.15) is 25.3 Å². The highest BCUT2D eigenvalue weighted by atomic mass is 79.9. The molecule has 5 heteroatoms. The second-order valence-electron chi connectivity index (χ2n) is 4.40. The van der Waals surface area contributed by atoms with Crippen LogP contribution in [0.5, 0.6) is 5.75 Å². The van der Waals surface area contributed by atoms with Crippen molar-refractivity contribution < 1.29 is 19.1 Å². The van der Waals surface area contributed by atoms with Crippen molar-refractivity contribution in [1.29, 1.82) is 0 Å². The predicted octanol–water partition coefficient (Wildman–Crippen LogP) is 3.16. The van der Waals surface area contributed by atoms with Crippen LogP contribution in [0.15, 0.2) is 22.7 Å². The summed E-state index contributed by atoms with van der Waals surface area (Å²) >= 11 is 3.46. The predicted molar refractivity (Wildman–Crippen MR) is 79.8 cm³/mol. The number of carbonyl (C=O) groups is 2. The van der Waals surface area contributed by atoms with Crippen molar-refractivity contribution in [3.05, 3.63) is 28.2 Å². The fourth-order valence-electron chi connectivity index (χ4n) is 1.87. The lowest BCUT2D eigenvalue weighted by Gasteiger charge is -2.12. The summed E-state index contributed by atoms with van der Waals surface area (Å²) in [5, 5.41) is 0. The number of carbonyl (C=O) groups excluding carboxylic acids is 2. The second-order valence-corrected chi connectivity index (χ2v) is 5.26. The molecule has 0 aliphatic carbocycles. The molecule has 1 atom stereocenters. The Kier molecular flexibility index (Phi) is 7.30. The number of esters is 1. The lowest BCUT2D eigenvalue weighted by molar-refractivity contribution is -0.143. The van der Waals surface area contributed by atoms with E-state index >= 15 is 0 Å². The second kappa shape index (κ2) is 8.74. The van der Waals surface area contributed by atoms with Gasteiger partial charge in [-0.15, -0.1) is 0 Å². The molecule has 20 heavy (non-hydrogen) atoms. The molecule has 0 bridgehead atoms. The molecule has 0 spiro atoms. The smallest absolute Gasteiger partial charge is 0.305 e. The summed E-state index contributed by atoms with van der Waals surface area (Å²) in [5.74, 6) is 0.283. The molecule has 0 aliphatic rings. The summed E-state index contributed by atoms with van der Waals surface area (Å²) in [6, 6.07) is 5.63. The van der Waals surface area contributed by atoms with Crippen LogP contribution < -0.4 is 4.74 Å². The molecule has 0 heterocycles. The van der Waals surface area contributed by atoms with E-state index in [1.165, 1.54) is 0 Å². The summed E-state index contributed by atoms with van der Waals surface area (Å²) < 4.78 is 11.0. The van der Waals surface area contributed by atoms with Crippen molar-refractivity contribution in [1.82, 2.24) is 0 Å². The van der Waals surface area contributed by atoms with Crippen LogP contribution in [-0.2, 0) is 20.7 Å². The Bertz CT molecular complexity index is 459. The third-order valence-corrected chi connectivity index (χ3v) is 3.73. The normalized spacial score (nSPS) is 11.8. The maximum absolute atomic E-state index is 11.3. The van der Waals surface area contributed by atoms with E-state index in [1.54, 1.807) is 14.0 Å². The molecule has 0 fully saturated rings. The third-order valence-electron chi connectivity index (χ3n) is 2.95. The van der Waals surface area contributed by atoms with Crippen LogP contribution in [0.4, 0.5) is 0 Å². The number of ether oxygens (including phenoxy) is 2. The van der Waals surface area contributed by atoms with Gasteiger partial charge in [-0.1, -0.05) is 15.9 Å². The Balaban J connectivity index is 2.64. The number of rotatable bonds is 8. The van der Waals surface area contributed by atoms with Gasteiger partial charge >= 0.3 is 5.97 Å². The zero-order chi connectivity index (χ0) is 15.0. The minimum atomic E-state index is -0.260. The molecule has 1 aromatic rings. The first-order valence-electron chi connectivity index (χ1n) is 6.54. The van der Waals surface area contributed by atoms with Crippen molar-refractivity contribution >= 4 is 28.2 Å². The van der Waals surface area contributed by atoms with Crippen LogP contribution in [0, 0.1) is 5.92 Å². The van der Waals surface area contributed by atoms with E-state index in [0.717, 1.165) is 22.1 Å². The minimum Gasteiger partial charge on any atom is -0.497 e. The lowest BCUT2D eigenvalue weighted by Crippen LogP contribution is -2.11. The van der Waals surface area contributed by atoms with E-state index in [4.69, 9.17) is 9.47 Å². The van der Waals surface area contributed by atoms with Crippen molar-refractivity contribution in [3.63, 3.8) is 0 Å². The van der Waals surface area contributed by atoms with Crippen LogP contribution in [0.2, 0.25) is 0 Å². The zero-order valence-corrected chi connectivity index (χ0v) is 13.3. The molecule has 0 saturated carbocycles. The Morgan fingerprint density at radius 3 is 2.80 bits per heavy atom. The van der Waals surface area contributed by atoms with Gasteiger partial charge in [-0.05, 0) is 43.5 Å². The van der Waals surface area contributed by atoms with Gasteiger partial charge in [-0.3, -0.25) is 4.79 Å². The summed E-state index contributed by atoms with van der Waals surface area (Å²) in [6.07, 6.45) is 2.22. The van der Waals surface area contributed by atoms with Crippen molar-refractivity contribution in [2.24, 2.45) is 5.92 Å². The number of methoxy groups -OCH3 is 1. The summed E-state index contributed by atoms with van der Waals surface area (Å²) in [7, 11) is 1.60. The van der Waals surface area contributed by atoms with E-state index < -0.39 is 0 Å². The molecule has 0 amide bonds. The molecular formula is C15H19BrO4.